The van der Waals surface area contributed by atoms with Crippen molar-refractivity contribution < 1.29 is 0 Å². The molecule has 0 fully saturated rings. The van der Waals surface area contributed by atoms with Gasteiger partial charge in [-0.15, -0.1) is 0 Å². The third kappa shape index (κ3) is 6.03. The molecule has 0 radical (unpaired) electrons. The zero-order valence-corrected chi connectivity index (χ0v) is 32.3. The van der Waals surface area contributed by atoms with E-state index in [-0.39, 0.29) is 0 Å². The Morgan fingerprint density at radius 2 is 0.817 bits per heavy atom. The van der Waals surface area contributed by atoms with Crippen LogP contribution in [-0.2, 0) is 0 Å². The fourth-order valence-corrected chi connectivity index (χ4v) is 8.54. The third-order valence-electron chi connectivity index (χ3n) is 11.4. The molecular formula is C55H33N5. The second kappa shape index (κ2) is 14.6. The summed E-state index contributed by atoms with van der Waals surface area (Å²) >= 11 is 0. The van der Waals surface area contributed by atoms with Crippen molar-refractivity contribution in [3.8, 4) is 73.6 Å². The van der Waals surface area contributed by atoms with E-state index in [1.54, 1.807) is 0 Å². The molecule has 0 saturated carbocycles. The summed E-state index contributed by atoms with van der Waals surface area (Å²) in [5, 5.41) is 17.5. The number of pyridine rings is 1. The second-order valence-corrected chi connectivity index (χ2v) is 14.9. The van der Waals surface area contributed by atoms with Crippen molar-refractivity contribution in [1.29, 1.82) is 5.26 Å². The smallest absolute Gasteiger partial charge is 0.164 e. The first-order valence-corrected chi connectivity index (χ1v) is 19.9. The van der Waals surface area contributed by atoms with Crippen LogP contribution in [0.25, 0.3) is 111 Å². The normalized spacial score (nSPS) is 11.3. The molecule has 11 aromatic rings. The van der Waals surface area contributed by atoms with E-state index in [9.17, 15) is 5.26 Å². The van der Waals surface area contributed by atoms with Crippen molar-refractivity contribution in [2.75, 3.05) is 0 Å². The van der Waals surface area contributed by atoms with Gasteiger partial charge in [0.2, 0.25) is 0 Å². The number of nitrogens with zero attached hydrogens (tertiary/aromatic N) is 5. The molecule has 2 heterocycles. The molecule has 2 aromatic heterocycles. The van der Waals surface area contributed by atoms with Crippen LogP contribution in [0.1, 0.15) is 5.56 Å². The largest absolute Gasteiger partial charge is 0.256 e. The van der Waals surface area contributed by atoms with E-state index < -0.39 is 0 Å². The summed E-state index contributed by atoms with van der Waals surface area (Å²) in [4.78, 5) is 19.9. The number of aromatic nitrogens is 4. The minimum absolute atomic E-state index is 0.622. The number of nitriles is 1. The van der Waals surface area contributed by atoms with Crippen molar-refractivity contribution in [3.63, 3.8) is 0 Å². The zero-order valence-electron chi connectivity index (χ0n) is 32.3. The molecule has 11 rings (SSSR count). The van der Waals surface area contributed by atoms with E-state index in [2.05, 4.69) is 109 Å². The molecule has 0 saturated heterocycles. The third-order valence-corrected chi connectivity index (χ3v) is 11.4. The maximum absolute atomic E-state index is 9.46. The topological polar surface area (TPSA) is 75.3 Å². The van der Waals surface area contributed by atoms with Crippen LogP contribution < -0.4 is 0 Å². The predicted molar refractivity (Wildman–Crippen MR) is 245 cm³/mol. The molecule has 60 heavy (non-hydrogen) atoms. The Morgan fingerprint density at radius 3 is 1.48 bits per heavy atom. The van der Waals surface area contributed by atoms with Crippen LogP contribution in [0.2, 0.25) is 0 Å². The molecule has 5 nitrogen and oxygen atoms in total. The molecule has 278 valence electrons. The van der Waals surface area contributed by atoms with Crippen LogP contribution in [-0.4, -0.2) is 19.9 Å². The number of rotatable bonds is 6. The first-order valence-electron chi connectivity index (χ1n) is 19.9. The van der Waals surface area contributed by atoms with Crippen LogP contribution in [0.3, 0.4) is 0 Å². The number of hydrogen-bond acceptors (Lipinski definition) is 5. The molecule has 0 unspecified atom stereocenters. The molecule has 9 aromatic carbocycles. The number of fused-ring (bicyclic) bond motifs is 6. The Balaban J connectivity index is 1.08. The fourth-order valence-electron chi connectivity index (χ4n) is 8.54. The van der Waals surface area contributed by atoms with Crippen molar-refractivity contribution in [3.05, 3.63) is 206 Å². The van der Waals surface area contributed by atoms with Gasteiger partial charge in [-0.05, 0) is 96.5 Å². The molecule has 0 N–H and O–H groups in total. The van der Waals surface area contributed by atoms with Crippen LogP contribution >= 0.6 is 0 Å². The van der Waals surface area contributed by atoms with Gasteiger partial charge < -0.3 is 0 Å². The molecule has 0 bridgehead atoms. The Bertz CT molecular complexity index is 3420. The van der Waals surface area contributed by atoms with Gasteiger partial charge in [-0.25, -0.2) is 15.0 Å². The summed E-state index contributed by atoms with van der Waals surface area (Å²) < 4.78 is 0. The standard InChI is InChI=1S/C55H33N5/c56-34-35-24-26-36(27-25-35)48-32-50-45-22-10-9-21-44(45)49(33-51(50)47-23-12-30-57-52(47)48)46-29-28-41(42-19-7-8-20-43(42)46)39-17-11-18-40(31-39)55-59-53(37-13-3-1-4-14-37)58-54(60-55)38-15-5-2-6-16-38/h1-33H. The van der Waals surface area contributed by atoms with Gasteiger partial charge >= 0.3 is 0 Å². The Labute approximate surface area is 346 Å². The summed E-state index contributed by atoms with van der Waals surface area (Å²) in [5.41, 5.74) is 11.0. The van der Waals surface area contributed by atoms with Gasteiger partial charge in [0.25, 0.3) is 0 Å². The lowest BCUT2D eigenvalue weighted by molar-refractivity contribution is 1.07. The maximum atomic E-state index is 9.46. The van der Waals surface area contributed by atoms with Crippen molar-refractivity contribution in [1.82, 2.24) is 19.9 Å². The van der Waals surface area contributed by atoms with E-state index in [4.69, 9.17) is 19.9 Å². The molecule has 5 heteroatoms. The van der Waals surface area contributed by atoms with Gasteiger partial charge in [-0.1, -0.05) is 158 Å². The minimum Gasteiger partial charge on any atom is -0.256 e. The van der Waals surface area contributed by atoms with Gasteiger partial charge in [0.15, 0.2) is 17.5 Å². The summed E-state index contributed by atoms with van der Waals surface area (Å²) in [7, 11) is 0. The van der Waals surface area contributed by atoms with Crippen LogP contribution in [0.4, 0.5) is 0 Å². The molecule has 0 spiro atoms. The van der Waals surface area contributed by atoms with Crippen molar-refractivity contribution in [2.24, 2.45) is 0 Å². The van der Waals surface area contributed by atoms with Crippen molar-refractivity contribution >= 4 is 43.2 Å². The monoisotopic (exact) mass is 763 g/mol. The summed E-state index contributed by atoms with van der Waals surface area (Å²) in [6.07, 6.45) is 1.86. The summed E-state index contributed by atoms with van der Waals surface area (Å²) in [6.45, 7) is 0. The molecule has 0 aliphatic carbocycles. The van der Waals surface area contributed by atoms with Crippen LogP contribution in [0.15, 0.2) is 200 Å². The van der Waals surface area contributed by atoms with Crippen LogP contribution in [0, 0.1) is 11.3 Å². The van der Waals surface area contributed by atoms with Gasteiger partial charge in [0.1, 0.15) is 0 Å². The fraction of sp³-hybridized carbons (Fsp3) is 0. The highest BCUT2D eigenvalue weighted by Crippen LogP contribution is 2.44. The van der Waals surface area contributed by atoms with E-state index in [0.29, 0.717) is 23.0 Å². The van der Waals surface area contributed by atoms with Crippen molar-refractivity contribution in [2.45, 2.75) is 0 Å². The molecule has 0 aliphatic rings. The first-order chi connectivity index (χ1) is 29.7. The first kappa shape index (κ1) is 34.9. The quantitative estimate of drug-likeness (QED) is 0.158. The Hall–Kier alpha value is -8.33. The van der Waals surface area contributed by atoms with Gasteiger partial charge in [-0.2, -0.15) is 5.26 Å². The van der Waals surface area contributed by atoms with E-state index in [0.717, 1.165) is 77.1 Å². The average molecular weight is 764 g/mol. The Morgan fingerprint density at radius 1 is 0.317 bits per heavy atom. The summed E-state index contributed by atoms with van der Waals surface area (Å²) in [6, 6.07) is 69.4. The highest BCUT2D eigenvalue weighted by molar-refractivity contribution is 6.24. The Kier molecular flexibility index (Phi) is 8.46. The van der Waals surface area contributed by atoms with Gasteiger partial charge in [0.05, 0.1) is 17.1 Å². The maximum Gasteiger partial charge on any atom is 0.164 e. The lowest BCUT2D eigenvalue weighted by Crippen LogP contribution is -2.00. The predicted octanol–water partition coefficient (Wildman–Crippen LogP) is 13.8. The molecular weight excluding hydrogens is 731 g/mol. The molecule has 0 amide bonds. The molecule has 0 aliphatic heterocycles. The second-order valence-electron chi connectivity index (χ2n) is 14.9. The highest BCUT2D eigenvalue weighted by Gasteiger charge is 2.18. The highest BCUT2D eigenvalue weighted by atomic mass is 15.0. The lowest BCUT2D eigenvalue weighted by atomic mass is 9.86. The van der Waals surface area contributed by atoms with E-state index in [1.165, 1.54) is 16.2 Å². The summed E-state index contributed by atoms with van der Waals surface area (Å²) in [5.74, 6) is 1.89. The SMILES string of the molecule is N#Cc1ccc(-c2cc3c4ccccc4c(-c4ccc(-c5cccc(-c6nc(-c7ccccc7)nc(-c7ccccc7)n6)c5)c5ccccc45)cc3c3cccnc23)cc1. The number of benzene rings is 9. The van der Waals surface area contributed by atoms with Gasteiger partial charge in [0, 0.05) is 33.8 Å². The minimum atomic E-state index is 0.622. The van der Waals surface area contributed by atoms with E-state index in [1.807, 2.05) is 97.2 Å². The van der Waals surface area contributed by atoms with E-state index >= 15 is 0 Å². The lowest BCUT2D eigenvalue weighted by Gasteiger charge is -2.18. The zero-order chi connectivity index (χ0) is 40.0. The number of hydrogen-bond donors (Lipinski definition) is 0. The average Bonchev–Trinajstić information content (AvgIpc) is 3.33. The van der Waals surface area contributed by atoms with Gasteiger partial charge in [-0.3, -0.25) is 4.98 Å². The van der Waals surface area contributed by atoms with Crippen LogP contribution in [0.5, 0.6) is 0 Å². The molecule has 0 atom stereocenters.